The number of nitrogens with one attached hydrogen (secondary N) is 1. The van der Waals surface area contributed by atoms with Crippen molar-refractivity contribution < 1.29 is 12.8 Å². The van der Waals surface area contributed by atoms with E-state index < -0.39 is 20.7 Å². The van der Waals surface area contributed by atoms with E-state index in [1.54, 1.807) is 7.05 Å². The highest BCUT2D eigenvalue weighted by atomic mass is 32.2. The second-order valence-electron chi connectivity index (χ2n) is 4.10. The number of nitrogens with zero attached hydrogens (tertiary/aromatic N) is 2. The van der Waals surface area contributed by atoms with Crippen LogP contribution in [0.5, 0.6) is 0 Å². The van der Waals surface area contributed by atoms with Gasteiger partial charge in [-0.3, -0.25) is 9.40 Å². The van der Waals surface area contributed by atoms with Gasteiger partial charge in [0.2, 0.25) is 0 Å². The number of aryl methyl sites for hydroxylation is 1. The maximum atomic E-state index is 14.0. The number of aromatic nitrogens is 2. The number of rotatable bonds is 3. The largest absolute Gasteiger partial charge is 0.320 e. The predicted molar refractivity (Wildman–Crippen MR) is 76.3 cm³/mol. The van der Waals surface area contributed by atoms with Gasteiger partial charge in [-0.25, -0.2) is 12.8 Å². The molecule has 2 aromatic rings. The van der Waals surface area contributed by atoms with Crippen molar-refractivity contribution in [2.24, 2.45) is 12.8 Å². The highest BCUT2D eigenvalue weighted by Crippen LogP contribution is 2.19. The zero-order valence-electron chi connectivity index (χ0n) is 11.2. The fraction of sp³-hybridized carbons (Fsp3) is 0.154. The second kappa shape index (κ2) is 5.95. The van der Waals surface area contributed by atoms with E-state index in [9.17, 15) is 12.8 Å². The molecule has 21 heavy (non-hydrogen) atoms. The third-order valence-electron chi connectivity index (χ3n) is 2.62. The van der Waals surface area contributed by atoms with Crippen molar-refractivity contribution in [3.63, 3.8) is 0 Å². The zero-order valence-corrected chi connectivity index (χ0v) is 12.0. The SMILES string of the molecule is Cn1nccc1NS(=O)(=O)c1ccc(C#CCN)cc1F. The van der Waals surface area contributed by atoms with Gasteiger partial charge in [0.05, 0.1) is 12.7 Å². The van der Waals surface area contributed by atoms with Gasteiger partial charge in [-0.15, -0.1) is 0 Å². The Morgan fingerprint density at radius 3 is 2.76 bits per heavy atom. The number of benzene rings is 1. The average Bonchev–Trinajstić information content (AvgIpc) is 2.81. The summed E-state index contributed by atoms with van der Waals surface area (Å²) in [4.78, 5) is -0.456. The molecule has 0 atom stereocenters. The number of sulfonamides is 1. The Kier molecular flexibility index (Phi) is 4.26. The summed E-state index contributed by atoms with van der Waals surface area (Å²) in [5.41, 5.74) is 5.58. The van der Waals surface area contributed by atoms with Crippen molar-refractivity contribution in [3.05, 3.63) is 41.8 Å². The quantitative estimate of drug-likeness (QED) is 0.816. The minimum absolute atomic E-state index is 0.143. The summed E-state index contributed by atoms with van der Waals surface area (Å²) in [5, 5.41) is 3.83. The monoisotopic (exact) mass is 308 g/mol. The third kappa shape index (κ3) is 3.39. The maximum Gasteiger partial charge on any atom is 0.265 e. The standard InChI is InChI=1S/C13H13FN4O2S/c1-18-13(6-8-16-18)17-21(19,20)12-5-4-10(3-2-7-15)9-11(12)14/h4-6,8-9,17H,7,15H2,1H3. The fourth-order valence-corrected chi connectivity index (χ4v) is 2.76. The van der Waals surface area contributed by atoms with Crippen LogP contribution in [0.1, 0.15) is 5.56 Å². The van der Waals surface area contributed by atoms with Crippen LogP contribution in [0.4, 0.5) is 10.2 Å². The topological polar surface area (TPSA) is 90.0 Å². The molecule has 0 spiro atoms. The highest BCUT2D eigenvalue weighted by molar-refractivity contribution is 7.92. The number of anilines is 1. The smallest absolute Gasteiger partial charge is 0.265 e. The molecule has 0 aliphatic rings. The van der Waals surface area contributed by atoms with Gasteiger partial charge < -0.3 is 5.73 Å². The summed E-state index contributed by atoms with van der Waals surface area (Å²) < 4.78 is 41.9. The van der Waals surface area contributed by atoms with E-state index in [0.717, 1.165) is 12.1 Å². The van der Waals surface area contributed by atoms with Crippen molar-refractivity contribution >= 4 is 15.8 Å². The molecular weight excluding hydrogens is 295 g/mol. The molecule has 0 unspecified atom stereocenters. The minimum Gasteiger partial charge on any atom is -0.320 e. The van der Waals surface area contributed by atoms with Crippen LogP contribution in [0.15, 0.2) is 35.4 Å². The van der Waals surface area contributed by atoms with Crippen molar-refractivity contribution in [1.29, 1.82) is 0 Å². The van der Waals surface area contributed by atoms with Gasteiger partial charge in [-0.1, -0.05) is 11.8 Å². The first-order chi connectivity index (χ1) is 9.94. The lowest BCUT2D eigenvalue weighted by Gasteiger charge is -2.09. The van der Waals surface area contributed by atoms with Gasteiger partial charge in [-0.2, -0.15) is 5.10 Å². The summed E-state index contributed by atoms with van der Waals surface area (Å²) in [7, 11) is -2.46. The summed E-state index contributed by atoms with van der Waals surface area (Å²) in [6.45, 7) is 0.143. The first kappa shape index (κ1) is 15.0. The predicted octanol–water partition coefficient (Wildman–Crippen LogP) is 0.670. The molecule has 0 fully saturated rings. The van der Waals surface area contributed by atoms with Crippen LogP contribution in [0.3, 0.4) is 0 Å². The Bertz CT molecular complexity index is 818. The molecule has 1 aromatic carbocycles. The molecule has 0 saturated heterocycles. The van der Waals surface area contributed by atoms with Gasteiger partial charge in [0.25, 0.3) is 10.0 Å². The Balaban J connectivity index is 2.34. The molecule has 2 rings (SSSR count). The van der Waals surface area contributed by atoms with E-state index in [-0.39, 0.29) is 12.4 Å². The minimum atomic E-state index is -4.03. The second-order valence-corrected chi connectivity index (χ2v) is 5.75. The fourth-order valence-electron chi connectivity index (χ4n) is 1.62. The zero-order chi connectivity index (χ0) is 15.5. The number of hydrogen-bond acceptors (Lipinski definition) is 4. The van der Waals surface area contributed by atoms with Gasteiger partial charge in [0.1, 0.15) is 16.5 Å². The number of hydrogen-bond donors (Lipinski definition) is 2. The number of halogens is 1. The van der Waals surface area contributed by atoms with Gasteiger partial charge in [-0.05, 0) is 18.2 Å². The van der Waals surface area contributed by atoms with E-state index in [0.29, 0.717) is 5.56 Å². The van der Waals surface area contributed by atoms with Crippen molar-refractivity contribution in [2.45, 2.75) is 4.90 Å². The van der Waals surface area contributed by atoms with Crippen LogP contribution in [-0.4, -0.2) is 24.7 Å². The molecule has 110 valence electrons. The van der Waals surface area contributed by atoms with E-state index >= 15 is 0 Å². The van der Waals surface area contributed by atoms with E-state index in [1.807, 2.05) is 0 Å². The molecule has 0 bridgehead atoms. The van der Waals surface area contributed by atoms with Gasteiger partial charge in [0, 0.05) is 18.7 Å². The summed E-state index contributed by atoms with van der Waals surface area (Å²) in [6, 6.07) is 5.11. The summed E-state index contributed by atoms with van der Waals surface area (Å²) in [6.07, 6.45) is 1.43. The molecule has 0 aliphatic carbocycles. The summed E-state index contributed by atoms with van der Waals surface area (Å²) >= 11 is 0. The molecule has 1 aromatic heterocycles. The molecular formula is C13H13FN4O2S. The first-order valence-corrected chi connectivity index (χ1v) is 7.41. The molecule has 3 N–H and O–H groups in total. The van der Waals surface area contributed by atoms with Crippen LogP contribution in [0.2, 0.25) is 0 Å². The lowest BCUT2D eigenvalue weighted by atomic mass is 10.2. The first-order valence-electron chi connectivity index (χ1n) is 5.93. The van der Waals surface area contributed by atoms with Crippen molar-refractivity contribution in [2.75, 3.05) is 11.3 Å². The molecule has 0 amide bonds. The van der Waals surface area contributed by atoms with Crippen LogP contribution >= 0.6 is 0 Å². The average molecular weight is 308 g/mol. The Labute approximate surface area is 121 Å². The van der Waals surface area contributed by atoms with Crippen LogP contribution in [0.25, 0.3) is 0 Å². The van der Waals surface area contributed by atoms with Gasteiger partial charge in [0.15, 0.2) is 0 Å². The lowest BCUT2D eigenvalue weighted by Crippen LogP contribution is -2.16. The van der Waals surface area contributed by atoms with Crippen LogP contribution in [0, 0.1) is 17.7 Å². The van der Waals surface area contributed by atoms with Crippen molar-refractivity contribution in [3.8, 4) is 11.8 Å². The molecule has 0 aliphatic heterocycles. The highest BCUT2D eigenvalue weighted by Gasteiger charge is 2.20. The number of nitrogens with two attached hydrogens (primary N) is 1. The van der Waals surface area contributed by atoms with E-state index in [1.165, 1.54) is 23.0 Å². The Morgan fingerprint density at radius 1 is 1.43 bits per heavy atom. The summed E-state index contributed by atoms with van der Waals surface area (Å²) in [5.74, 6) is 4.56. The van der Waals surface area contributed by atoms with Crippen molar-refractivity contribution in [1.82, 2.24) is 9.78 Å². The van der Waals surface area contributed by atoms with E-state index in [4.69, 9.17) is 5.73 Å². The van der Waals surface area contributed by atoms with E-state index in [2.05, 4.69) is 21.7 Å². The molecule has 8 heteroatoms. The van der Waals surface area contributed by atoms with Crippen LogP contribution in [-0.2, 0) is 17.1 Å². The molecule has 6 nitrogen and oxygen atoms in total. The van der Waals surface area contributed by atoms with Gasteiger partial charge >= 0.3 is 0 Å². The lowest BCUT2D eigenvalue weighted by molar-refractivity contribution is 0.569. The maximum absolute atomic E-state index is 14.0. The molecule has 0 saturated carbocycles. The van der Waals surface area contributed by atoms with Crippen LogP contribution < -0.4 is 10.5 Å². The molecule has 0 radical (unpaired) electrons. The molecule has 1 heterocycles. The Morgan fingerprint density at radius 2 is 2.19 bits per heavy atom. The third-order valence-corrected chi connectivity index (χ3v) is 4.00. The Hall–Kier alpha value is -2.37. The normalized spacial score (nSPS) is 10.8.